The molecule has 0 amide bonds. The second-order valence-corrected chi connectivity index (χ2v) is 6.00. The van der Waals surface area contributed by atoms with Gasteiger partial charge in [-0.05, 0) is 17.7 Å². The molecule has 25 heavy (non-hydrogen) atoms. The number of hydrogen-bond donors (Lipinski definition) is 1. The molecule has 4 nitrogen and oxygen atoms in total. The van der Waals surface area contributed by atoms with Gasteiger partial charge >= 0.3 is 0 Å². The SMILES string of the molecule is CN1N=C(c2ccccc2)N(Nc2ccccc2)C1c1ccccc1. The van der Waals surface area contributed by atoms with Gasteiger partial charge in [-0.2, -0.15) is 5.10 Å². The van der Waals surface area contributed by atoms with Crippen LogP contribution < -0.4 is 5.43 Å². The van der Waals surface area contributed by atoms with Crippen LogP contribution in [-0.4, -0.2) is 22.9 Å². The third-order valence-corrected chi connectivity index (χ3v) is 4.23. The molecule has 0 fully saturated rings. The molecule has 4 heteroatoms. The van der Waals surface area contributed by atoms with Gasteiger partial charge in [-0.3, -0.25) is 10.4 Å². The van der Waals surface area contributed by atoms with Crippen LogP contribution in [0.1, 0.15) is 17.3 Å². The number of nitrogens with zero attached hydrogens (tertiary/aromatic N) is 3. The molecule has 3 aromatic rings. The maximum atomic E-state index is 4.81. The Bertz CT molecular complexity index is 847. The van der Waals surface area contributed by atoms with Gasteiger partial charge in [0, 0.05) is 12.6 Å². The van der Waals surface area contributed by atoms with E-state index in [0.29, 0.717) is 0 Å². The van der Waals surface area contributed by atoms with E-state index in [9.17, 15) is 0 Å². The van der Waals surface area contributed by atoms with Crippen LogP contribution in [0.4, 0.5) is 5.69 Å². The predicted octanol–water partition coefficient (Wildman–Crippen LogP) is 4.32. The quantitative estimate of drug-likeness (QED) is 0.774. The Labute approximate surface area is 148 Å². The predicted molar refractivity (Wildman–Crippen MR) is 102 cm³/mol. The topological polar surface area (TPSA) is 30.9 Å². The first-order valence-corrected chi connectivity index (χ1v) is 8.36. The maximum Gasteiger partial charge on any atom is 0.176 e. The van der Waals surface area contributed by atoms with Gasteiger partial charge in [0.1, 0.15) is 0 Å². The van der Waals surface area contributed by atoms with Gasteiger partial charge in [0.25, 0.3) is 0 Å². The summed E-state index contributed by atoms with van der Waals surface area (Å²) < 4.78 is 0. The standard InChI is InChI=1S/C21H20N4/c1-24-21(18-13-7-3-8-14-18)25(22-19-15-9-4-10-16-19)20(23-24)17-11-5-2-6-12-17/h2-16,21-22H,1H3. The first-order chi connectivity index (χ1) is 12.3. The molecule has 1 N–H and O–H groups in total. The maximum absolute atomic E-state index is 4.81. The Hall–Kier alpha value is -3.27. The Morgan fingerprint density at radius 3 is 1.96 bits per heavy atom. The van der Waals surface area contributed by atoms with Crippen molar-refractivity contribution in [1.82, 2.24) is 10.0 Å². The Kier molecular flexibility index (Phi) is 4.09. The molecule has 3 aromatic carbocycles. The molecule has 1 heterocycles. The molecular weight excluding hydrogens is 308 g/mol. The van der Waals surface area contributed by atoms with Crippen LogP contribution in [0.5, 0.6) is 0 Å². The van der Waals surface area contributed by atoms with Crippen LogP contribution in [0, 0.1) is 0 Å². The van der Waals surface area contributed by atoms with Gasteiger partial charge in [-0.1, -0.05) is 78.9 Å². The number of rotatable bonds is 4. The van der Waals surface area contributed by atoms with E-state index in [0.717, 1.165) is 17.1 Å². The van der Waals surface area contributed by atoms with Gasteiger partial charge in [0.05, 0.1) is 5.69 Å². The van der Waals surface area contributed by atoms with Crippen LogP contribution in [-0.2, 0) is 0 Å². The van der Waals surface area contributed by atoms with Gasteiger partial charge in [-0.15, -0.1) is 0 Å². The van der Waals surface area contributed by atoms with Gasteiger partial charge < -0.3 is 0 Å². The van der Waals surface area contributed by atoms with E-state index in [1.807, 2.05) is 54.5 Å². The summed E-state index contributed by atoms with van der Waals surface area (Å²) in [7, 11) is 2.01. The van der Waals surface area contributed by atoms with Crippen molar-refractivity contribution in [2.45, 2.75) is 6.17 Å². The summed E-state index contributed by atoms with van der Waals surface area (Å²) in [5.74, 6) is 0.904. The van der Waals surface area contributed by atoms with Crippen molar-refractivity contribution < 1.29 is 0 Å². The lowest BCUT2D eigenvalue weighted by molar-refractivity contribution is 0.181. The third-order valence-electron chi connectivity index (χ3n) is 4.23. The van der Waals surface area contributed by atoms with Crippen molar-refractivity contribution in [3.8, 4) is 0 Å². The molecular formula is C21H20N4. The van der Waals surface area contributed by atoms with Crippen LogP contribution in [0.3, 0.4) is 0 Å². The van der Waals surface area contributed by atoms with Gasteiger partial charge in [-0.25, -0.2) is 5.01 Å². The fourth-order valence-corrected chi connectivity index (χ4v) is 3.08. The van der Waals surface area contributed by atoms with Crippen molar-refractivity contribution in [2.75, 3.05) is 12.5 Å². The van der Waals surface area contributed by atoms with E-state index in [4.69, 9.17) is 5.10 Å². The summed E-state index contributed by atoms with van der Waals surface area (Å²) in [6.07, 6.45) is -0.0170. The first-order valence-electron chi connectivity index (χ1n) is 8.36. The smallest absolute Gasteiger partial charge is 0.176 e. The average molecular weight is 328 g/mol. The molecule has 1 aliphatic heterocycles. The molecule has 0 spiro atoms. The highest BCUT2D eigenvalue weighted by molar-refractivity contribution is 6.00. The highest BCUT2D eigenvalue weighted by Gasteiger charge is 2.34. The van der Waals surface area contributed by atoms with Gasteiger partial charge in [0.2, 0.25) is 0 Å². The minimum absolute atomic E-state index is 0.0170. The zero-order valence-corrected chi connectivity index (χ0v) is 14.1. The van der Waals surface area contributed by atoms with E-state index < -0.39 is 0 Å². The molecule has 1 atom stereocenters. The molecule has 0 bridgehead atoms. The fraction of sp³-hybridized carbons (Fsp3) is 0.0952. The summed E-state index contributed by atoms with van der Waals surface area (Å²) >= 11 is 0. The monoisotopic (exact) mass is 328 g/mol. The summed E-state index contributed by atoms with van der Waals surface area (Å²) in [6.45, 7) is 0. The van der Waals surface area contributed by atoms with Gasteiger partial charge in [0.15, 0.2) is 12.0 Å². The van der Waals surface area contributed by atoms with Crippen LogP contribution in [0.15, 0.2) is 96.1 Å². The lowest BCUT2D eigenvalue weighted by Gasteiger charge is -2.31. The highest BCUT2D eigenvalue weighted by atomic mass is 15.7. The molecule has 124 valence electrons. The van der Waals surface area contributed by atoms with E-state index in [-0.39, 0.29) is 6.17 Å². The molecule has 0 aromatic heterocycles. The number of nitrogens with one attached hydrogen (secondary N) is 1. The largest absolute Gasteiger partial charge is 0.295 e. The number of amidine groups is 1. The van der Waals surface area contributed by atoms with Crippen molar-refractivity contribution >= 4 is 11.5 Å². The van der Waals surface area contributed by atoms with Crippen molar-refractivity contribution in [3.63, 3.8) is 0 Å². The van der Waals surface area contributed by atoms with E-state index in [2.05, 4.69) is 59.0 Å². The molecule has 1 unspecified atom stereocenters. The summed E-state index contributed by atoms with van der Waals surface area (Å²) in [5.41, 5.74) is 6.82. The van der Waals surface area contributed by atoms with Crippen LogP contribution >= 0.6 is 0 Å². The second-order valence-electron chi connectivity index (χ2n) is 6.00. The van der Waals surface area contributed by atoms with Crippen molar-refractivity contribution in [3.05, 3.63) is 102 Å². The minimum Gasteiger partial charge on any atom is -0.295 e. The molecule has 0 aliphatic carbocycles. The van der Waals surface area contributed by atoms with E-state index in [1.165, 1.54) is 5.56 Å². The second kappa shape index (κ2) is 6.69. The molecule has 0 saturated heterocycles. The number of hydrogen-bond acceptors (Lipinski definition) is 4. The number of hydrazine groups is 1. The first kappa shape index (κ1) is 15.3. The molecule has 0 saturated carbocycles. The summed E-state index contributed by atoms with van der Waals surface area (Å²) in [4.78, 5) is 0. The molecule has 0 radical (unpaired) electrons. The normalized spacial score (nSPS) is 16.7. The number of anilines is 1. The summed E-state index contributed by atoms with van der Waals surface area (Å²) in [6, 6.07) is 30.9. The number of para-hydroxylation sites is 1. The van der Waals surface area contributed by atoms with Crippen LogP contribution in [0.25, 0.3) is 0 Å². The number of benzene rings is 3. The third kappa shape index (κ3) is 3.06. The van der Waals surface area contributed by atoms with Crippen LogP contribution in [0.2, 0.25) is 0 Å². The lowest BCUT2D eigenvalue weighted by Crippen LogP contribution is -2.38. The van der Waals surface area contributed by atoms with E-state index >= 15 is 0 Å². The highest BCUT2D eigenvalue weighted by Crippen LogP contribution is 2.32. The Balaban J connectivity index is 1.74. The van der Waals surface area contributed by atoms with Crippen molar-refractivity contribution in [2.24, 2.45) is 5.10 Å². The Morgan fingerprint density at radius 2 is 1.32 bits per heavy atom. The average Bonchev–Trinajstić information content (AvgIpc) is 3.00. The zero-order chi connectivity index (χ0) is 17.1. The zero-order valence-electron chi connectivity index (χ0n) is 14.1. The lowest BCUT2D eigenvalue weighted by atomic mass is 10.1. The molecule has 4 rings (SSSR count). The fourth-order valence-electron chi connectivity index (χ4n) is 3.08. The minimum atomic E-state index is -0.0170. The summed E-state index contributed by atoms with van der Waals surface area (Å²) in [5, 5.41) is 8.93. The molecule has 1 aliphatic rings. The van der Waals surface area contributed by atoms with E-state index in [1.54, 1.807) is 0 Å². The van der Waals surface area contributed by atoms with Crippen molar-refractivity contribution in [1.29, 1.82) is 0 Å². The Morgan fingerprint density at radius 1 is 0.760 bits per heavy atom. The number of hydrazone groups is 1.